The average molecular weight is 390 g/mol. The molecule has 2 N–H and O–H groups in total. The molecular formula is C19H36BrNO2. The van der Waals surface area contributed by atoms with Crippen LogP contribution in [-0.2, 0) is 4.79 Å². The molecule has 0 bridgehead atoms. The van der Waals surface area contributed by atoms with Crippen LogP contribution in [0.5, 0.6) is 0 Å². The number of alkyl halides is 1. The van der Waals surface area contributed by atoms with Gasteiger partial charge in [-0.25, -0.2) is 0 Å². The second-order valence-corrected chi connectivity index (χ2v) is 6.94. The second kappa shape index (κ2) is 16.5. The van der Waals surface area contributed by atoms with E-state index < -0.39 is 6.10 Å². The van der Waals surface area contributed by atoms with E-state index in [0.717, 1.165) is 6.42 Å². The van der Waals surface area contributed by atoms with Crippen LogP contribution in [-0.4, -0.2) is 28.5 Å². The van der Waals surface area contributed by atoms with Gasteiger partial charge in [-0.15, -0.1) is 0 Å². The minimum absolute atomic E-state index is 0.0976. The molecular weight excluding hydrogens is 354 g/mol. The minimum Gasteiger partial charge on any atom is -0.387 e. The molecule has 0 aromatic heterocycles. The molecule has 0 saturated heterocycles. The van der Waals surface area contributed by atoms with Gasteiger partial charge in [-0.05, 0) is 19.8 Å². The number of halogens is 1. The maximum Gasteiger partial charge on any atom is 0.230 e. The second-order valence-electron chi connectivity index (χ2n) is 6.38. The molecule has 4 heteroatoms. The fourth-order valence-corrected chi connectivity index (χ4v) is 2.69. The van der Waals surface area contributed by atoms with Gasteiger partial charge >= 0.3 is 0 Å². The van der Waals surface area contributed by atoms with Crippen molar-refractivity contribution < 1.29 is 9.90 Å². The summed E-state index contributed by atoms with van der Waals surface area (Å²) in [4.78, 5) is 11.2. The third-order valence-corrected chi connectivity index (χ3v) is 4.59. The normalized spacial score (nSPS) is 14.1. The van der Waals surface area contributed by atoms with Crippen molar-refractivity contribution in [2.75, 3.05) is 5.33 Å². The summed E-state index contributed by atoms with van der Waals surface area (Å²) in [6.45, 7) is 4.07. The number of rotatable bonds is 15. The number of unbranched alkanes of at least 4 members (excludes halogenated alkanes) is 10. The van der Waals surface area contributed by atoms with Crippen molar-refractivity contribution in [2.24, 2.45) is 0 Å². The van der Waals surface area contributed by atoms with Crippen LogP contribution in [0.1, 0.15) is 84.5 Å². The molecule has 23 heavy (non-hydrogen) atoms. The lowest BCUT2D eigenvalue weighted by Crippen LogP contribution is -2.40. The highest BCUT2D eigenvalue weighted by molar-refractivity contribution is 9.09. The fourth-order valence-electron chi connectivity index (χ4n) is 2.53. The van der Waals surface area contributed by atoms with Crippen LogP contribution >= 0.6 is 15.9 Å². The van der Waals surface area contributed by atoms with Crippen molar-refractivity contribution >= 4 is 21.8 Å². The van der Waals surface area contributed by atoms with Gasteiger partial charge in [0.15, 0.2) is 0 Å². The van der Waals surface area contributed by atoms with Gasteiger partial charge in [0.2, 0.25) is 5.91 Å². The topological polar surface area (TPSA) is 49.3 Å². The lowest BCUT2D eigenvalue weighted by atomic mass is 10.1. The molecule has 1 amide bonds. The van der Waals surface area contributed by atoms with Gasteiger partial charge in [0, 0.05) is 0 Å². The van der Waals surface area contributed by atoms with Crippen molar-refractivity contribution in [3.05, 3.63) is 12.2 Å². The molecule has 2 atom stereocenters. The Kier molecular flexibility index (Phi) is 16.3. The Hall–Kier alpha value is -0.350. The Bertz CT molecular complexity index is 308. The standard InChI is InChI=1S/C19H36BrNO2/c1-3-4-5-6-7-8-9-10-11-12-13-14-15-18(22)17(2)21-19(23)16-20/h14-15,17-18,22H,3-13,16H2,1-2H3,(H,21,23)/b15-14+/t17-,18+/m0/s1. The van der Waals surface area contributed by atoms with E-state index >= 15 is 0 Å². The highest BCUT2D eigenvalue weighted by Crippen LogP contribution is 2.11. The zero-order chi connectivity index (χ0) is 17.3. The molecule has 0 unspecified atom stereocenters. The number of amides is 1. The molecule has 0 aliphatic carbocycles. The van der Waals surface area contributed by atoms with Gasteiger partial charge in [-0.1, -0.05) is 92.8 Å². The Morgan fingerprint density at radius 2 is 1.57 bits per heavy atom. The Balaban J connectivity index is 3.44. The zero-order valence-electron chi connectivity index (χ0n) is 15.0. The summed E-state index contributed by atoms with van der Waals surface area (Å²) in [5, 5.41) is 12.9. The summed E-state index contributed by atoms with van der Waals surface area (Å²) in [6, 6.07) is -0.246. The van der Waals surface area contributed by atoms with Crippen molar-refractivity contribution in [3.63, 3.8) is 0 Å². The van der Waals surface area contributed by atoms with Crippen LogP contribution in [0.15, 0.2) is 12.2 Å². The predicted molar refractivity (Wildman–Crippen MR) is 103 cm³/mol. The highest BCUT2D eigenvalue weighted by Gasteiger charge is 2.12. The van der Waals surface area contributed by atoms with E-state index in [4.69, 9.17) is 0 Å². The number of allylic oxidation sites excluding steroid dienone is 1. The van der Waals surface area contributed by atoms with Crippen molar-refractivity contribution in [3.8, 4) is 0 Å². The first-order valence-electron chi connectivity index (χ1n) is 9.31. The number of hydrogen-bond acceptors (Lipinski definition) is 2. The smallest absolute Gasteiger partial charge is 0.230 e. The van der Waals surface area contributed by atoms with Gasteiger partial charge in [0.1, 0.15) is 0 Å². The third kappa shape index (κ3) is 14.9. The quantitative estimate of drug-likeness (QED) is 0.232. The molecule has 0 spiro atoms. The molecule has 0 aliphatic heterocycles. The van der Waals surface area contributed by atoms with Crippen molar-refractivity contribution in [2.45, 2.75) is 96.6 Å². The van der Waals surface area contributed by atoms with Crippen LogP contribution in [0.2, 0.25) is 0 Å². The number of carbonyl (C=O) groups is 1. The van der Waals surface area contributed by atoms with Crippen molar-refractivity contribution in [1.29, 1.82) is 0 Å². The summed E-state index contributed by atoms with van der Waals surface area (Å²) in [6.07, 6.45) is 17.6. The van der Waals surface area contributed by atoms with E-state index in [1.165, 1.54) is 64.2 Å². The van der Waals surface area contributed by atoms with E-state index in [-0.39, 0.29) is 17.3 Å². The first-order valence-corrected chi connectivity index (χ1v) is 10.4. The van der Waals surface area contributed by atoms with Gasteiger partial charge in [0.05, 0.1) is 17.5 Å². The third-order valence-electron chi connectivity index (χ3n) is 4.08. The van der Waals surface area contributed by atoms with Gasteiger partial charge < -0.3 is 10.4 Å². The monoisotopic (exact) mass is 389 g/mol. The average Bonchev–Trinajstić information content (AvgIpc) is 2.55. The number of carbonyl (C=O) groups excluding carboxylic acids is 1. The Labute approximate surface area is 151 Å². The lowest BCUT2D eigenvalue weighted by molar-refractivity contribution is -0.119. The highest BCUT2D eigenvalue weighted by atomic mass is 79.9. The lowest BCUT2D eigenvalue weighted by Gasteiger charge is -2.16. The van der Waals surface area contributed by atoms with Gasteiger partial charge in [-0.2, -0.15) is 0 Å². The fraction of sp³-hybridized carbons (Fsp3) is 0.842. The first kappa shape index (κ1) is 22.6. The van der Waals surface area contributed by atoms with E-state index in [2.05, 4.69) is 28.2 Å². The summed E-state index contributed by atoms with van der Waals surface area (Å²) in [7, 11) is 0. The zero-order valence-corrected chi connectivity index (χ0v) is 16.6. The molecule has 0 radical (unpaired) electrons. The van der Waals surface area contributed by atoms with Crippen LogP contribution in [0.25, 0.3) is 0 Å². The van der Waals surface area contributed by atoms with E-state index in [0.29, 0.717) is 0 Å². The van der Waals surface area contributed by atoms with Crippen LogP contribution in [0, 0.1) is 0 Å². The van der Waals surface area contributed by atoms with E-state index in [9.17, 15) is 9.90 Å². The number of aliphatic hydroxyl groups is 1. The molecule has 0 aromatic carbocycles. The SMILES string of the molecule is CCCCCCCCCCCC/C=C/[C@@H](O)[C@H](C)NC(=O)CBr. The molecule has 0 fully saturated rings. The maximum atomic E-state index is 11.2. The van der Waals surface area contributed by atoms with Crippen LogP contribution < -0.4 is 5.32 Å². The Morgan fingerprint density at radius 1 is 1.04 bits per heavy atom. The molecule has 136 valence electrons. The van der Waals surface area contributed by atoms with Crippen molar-refractivity contribution in [1.82, 2.24) is 5.32 Å². The number of hydrogen-bond donors (Lipinski definition) is 2. The minimum atomic E-state index is -0.610. The summed E-state index contributed by atoms with van der Waals surface area (Å²) in [5.74, 6) is -0.0976. The molecule has 0 saturated carbocycles. The van der Waals surface area contributed by atoms with Crippen LogP contribution in [0.4, 0.5) is 0 Å². The number of nitrogens with one attached hydrogen (secondary N) is 1. The molecule has 0 heterocycles. The van der Waals surface area contributed by atoms with Gasteiger partial charge in [-0.3, -0.25) is 4.79 Å². The summed E-state index contributed by atoms with van der Waals surface area (Å²) in [5.41, 5.74) is 0. The van der Waals surface area contributed by atoms with Crippen LogP contribution in [0.3, 0.4) is 0 Å². The molecule has 0 aromatic rings. The molecule has 0 rings (SSSR count). The van der Waals surface area contributed by atoms with E-state index in [1.54, 1.807) is 6.08 Å². The largest absolute Gasteiger partial charge is 0.387 e. The summed E-state index contributed by atoms with van der Waals surface area (Å²) >= 11 is 3.10. The van der Waals surface area contributed by atoms with Gasteiger partial charge in [0.25, 0.3) is 0 Å². The Morgan fingerprint density at radius 3 is 2.09 bits per heavy atom. The first-order chi connectivity index (χ1) is 11.1. The predicted octanol–water partition coefficient (Wildman–Crippen LogP) is 5.11. The summed E-state index contributed by atoms with van der Waals surface area (Å²) < 4.78 is 0. The maximum absolute atomic E-state index is 11.2. The molecule has 0 aliphatic rings. The molecule has 3 nitrogen and oxygen atoms in total. The van der Waals surface area contributed by atoms with E-state index in [1.807, 2.05) is 13.0 Å². The number of aliphatic hydroxyl groups excluding tert-OH is 1.